The molecule has 12 heteroatoms. The smallest absolute Gasteiger partial charge is 0.255 e. The average Bonchev–Trinajstić information content (AvgIpc) is 3.04. The van der Waals surface area contributed by atoms with Crippen LogP contribution >= 0.6 is 0 Å². The van der Waals surface area contributed by atoms with Crippen molar-refractivity contribution in [2.45, 2.75) is 104 Å². The van der Waals surface area contributed by atoms with E-state index in [0.29, 0.717) is 55.5 Å². The molecular weight excluding hydrogens is 624 g/mol. The van der Waals surface area contributed by atoms with Crippen LogP contribution in [0.25, 0.3) is 0 Å². The molecule has 0 saturated carbocycles. The van der Waals surface area contributed by atoms with Crippen LogP contribution in [-0.2, 0) is 9.59 Å². The first-order valence-corrected chi connectivity index (χ1v) is 17.6. The first-order valence-electron chi connectivity index (χ1n) is 17.6. The van der Waals surface area contributed by atoms with Gasteiger partial charge in [0.1, 0.15) is 17.5 Å². The van der Waals surface area contributed by atoms with Gasteiger partial charge in [-0.3, -0.25) is 19.2 Å². The maximum absolute atomic E-state index is 13.8. The summed E-state index contributed by atoms with van der Waals surface area (Å²) in [5.74, 6) is -1.13. The zero-order valence-corrected chi connectivity index (χ0v) is 29.9. The maximum atomic E-state index is 13.8. The van der Waals surface area contributed by atoms with Gasteiger partial charge in [-0.05, 0) is 93.3 Å². The molecule has 272 valence electrons. The first-order chi connectivity index (χ1) is 23.4. The van der Waals surface area contributed by atoms with Crippen LogP contribution in [0, 0.1) is 11.8 Å². The Bertz CT molecular complexity index is 1360. The number of ether oxygens (including phenoxy) is 2. The zero-order valence-electron chi connectivity index (χ0n) is 29.9. The van der Waals surface area contributed by atoms with E-state index < -0.39 is 29.8 Å². The molecule has 2 atom stereocenters. The van der Waals surface area contributed by atoms with Crippen LogP contribution in [0.5, 0.6) is 11.5 Å². The molecule has 49 heavy (non-hydrogen) atoms. The Labute approximate surface area is 291 Å². The lowest BCUT2D eigenvalue weighted by Crippen LogP contribution is -2.44. The number of nitrogens with one attached hydrogen (secondary N) is 3. The number of rotatable bonds is 23. The lowest BCUT2D eigenvalue weighted by Gasteiger charge is -2.22. The molecule has 0 radical (unpaired) electrons. The summed E-state index contributed by atoms with van der Waals surface area (Å²) in [5.41, 5.74) is 18.3. The van der Waals surface area contributed by atoms with E-state index in [1.807, 2.05) is 27.7 Å². The lowest BCUT2D eigenvalue weighted by atomic mass is 10.0. The second-order valence-corrected chi connectivity index (χ2v) is 13.3. The number of benzene rings is 2. The number of hydrogen-bond donors (Lipinski definition) is 6. The van der Waals surface area contributed by atoms with Crippen LogP contribution in [0.1, 0.15) is 113 Å². The van der Waals surface area contributed by atoms with Crippen LogP contribution in [0.3, 0.4) is 0 Å². The molecular formula is C37H58N6O6. The van der Waals surface area contributed by atoms with Crippen LogP contribution in [-0.4, -0.2) is 55.5 Å². The molecule has 0 fully saturated rings. The highest BCUT2D eigenvalue weighted by Crippen LogP contribution is 2.26. The van der Waals surface area contributed by atoms with Crippen LogP contribution in [0.15, 0.2) is 36.4 Å². The topological polar surface area (TPSA) is 201 Å². The Morgan fingerprint density at radius 2 is 1.24 bits per heavy atom. The predicted octanol–water partition coefficient (Wildman–Crippen LogP) is 5.35. The van der Waals surface area contributed by atoms with Gasteiger partial charge in [0.15, 0.2) is 0 Å². The Hall–Kier alpha value is -4.16. The zero-order chi connectivity index (χ0) is 36.3. The number of carbonyl (C=O) groups excluding carboxylic acids is 4. The summed E-state index contributed by atoms with van der Waals surface area (Å²) in [5, 5.41) is 8.47. The largest absolute Gasteiger partial charge is 0.493 e. The molecule has 0 aliphatic heterocycles. The number of amides is 4. The van der Waals surface area contributed by atoms with E-state index in [9.17, 15) is 19.2 Å². The summed E-state index contributed by atoms with van der Waals surface area (Å²) in [4.78, 5) is 52.4. The molecule has 0 spiro atoms. The van der Waals surface area contributed by atoms with Gasteiger partial charge in [0.2, 0.25) is 11.8 Å². The van der Waals surface area contributed by atoms with Crippen molar-refractivity contribution in [2.24, 2.45) is 29.0 Å². The van der Waals surface area contributed by atoms with E-state index in [2.05, 4.69) is 22.9 Å². The second kappa shape index (κ2) is 21.7. The fraction of sp³-hybridized carbons (Fsp3) is 0.568. The van der Waals surface area contributed by atoms with Crippen LogP contribution in [0.2, 0.25) is 0 Å². The van der Waals surface area contributed by atoms with Gasteiger partial charge in [0, 0.05) is 11.4 Å². The minimum Gasteiger partial charge on any atom is -0.493 e. The molecule has 4 amide bonds. The van der Waals surface area contributed by atoms with Crippen molar-refractivity contribution >= 4 is 35.0 Å². The van der Waals surface area contributed by atoms with Crippen molar-refractivity contribution in [2.75, 3.05) is 30.4 Å². The molecule has 0 aliphatic carbocycles. The van der Waals surface area contributed by atoms with Gasteiger partial charge in [-0.2, -0.15) is 0 Å². The number of nitrogens with two attached hydrogens (primary N) is 3. The SMILES string of the molecule is CCCCCCOc1ccc(NC(=O)[C@H](CC(C)C)NC(=O)c2cc(NC(=O)[C@H](N)CC(C)C)ccc2OCCCCCN)cc1C(N)=O. The van der Waals surface area contributed by atoms with Crippen molar-refractivity contribution in [3.63, 3.8) is 0 Å². The van der Waals surface area contributed by atoms with Crippen molar-refractivity contribution in [1.29, 1.82) is 0 Å². The number of unbranched alkanes of at least 4 members (excludes halogenated alkanes) is 5. The monoisotopic (exact) mass is 682 g/mol. The van der Waals surface area contributed by atoms with Gasteiger partial charge in [-0.15, -0.1) is 0 Å². The summed E-state index contributed by atoms with van der Waals surface area (Å²) in [7, 11) is 0. The van der Waals surface area contributed by atoms with Crippen molar-refractivity contribution in [3.05, 3.63) is 47.5 Å². The molecule has 0 heterocycles. The Morgan fingerprint density at radius 3 is 1.78 bits per heavy atom. The second-order valence-electron chi connectivity index (χ2n) is 13.3. The molecule has 9 N–H and O–H groups in total. The quantitative estimate of drug-likeness (QED) is 0.0842. The van der Waals surface area contributed by atoms with Gasteiger partial charge < -0.3 is 42.6 Å². The standard InChI is InChI=1S/C37H58N6O6/c1-6-7-8-11-18-48-32-15-13-26(22-28(32)34(40)44)42-37(47)31(21-25(4)5)43-35(45)29-23-27(41-36(46)30(39)20-24(2)3)14-16-33(29)49-19-12-9-10-17-38/h13-16,22-25,30-31H,6-12,17-21,38-39H2,1-5H3,(H2,40,44)(H,41,46)(H,42,47)(H,43,45)/t30-,31+/m1/s1. The number of anilines is 2. The van der Waals surface area contributed by atoms with E-state index in [0.717, 1.165) is 44.9 Å². The maximum Gasteiger partial charge on any atom is 0.255 e. The first kappa shape index (κ1) is 41.0. The van der Waals surface area contributed by atoms with Crippen molar-refractivity contribution in [1.82, 2.24) is 5.32 Å². The Balaban J connectivity index is 2.29. The molecule has 2 aromatic rings. The Morgan fingerprint density at radius 1 is 0.714 bits per heavy atom. The number of primary amides is 1. The number of hydrogen-bond acceptors (Lipinski definition) is 8. The minimum absolute atomic E-state index is 0.0482. The highest BCUT2D eigenvalue weighted by atomic mass is 16.5. The third-order valence-electron chi connectivity index (χ3n) is 7.76. The highest BCUT2D eigenvalue weighted by molar-refractivity contribution is 6.04. The molecule has 0 bridgehead atoms. The Kier molecular flexibility index (Phi) is 18.2. The van der Waals surface area contributed by atoms with Gasteiger partial charge in [0.05, 0.1) is 30.4 Å². The molecule has 0 saturated heterocycles. The van der Waals surface area contributed by atoms with Gasteiger partial charge in [-0.25, -0.2) is 0 Å². The fourth-order valence-corrected chi connectivity index (χ4v) is 5.17. The summed E-state index contributed by atoms with van der Waals surface area (Å²) >= 11 is 0. The van der Waals surface area contributed by atoms with E-state index in [1.54, 1.807) is 24.3 Å². The molecule has 0 aliphatic rings. The van der Waals surface area contributed by atoms with Gasteiger partial charge >= 0.3 is 0 Å². The average molecular weight is 683 g/mol. The summed E-state index contributed by atoms with van der Waals surface area (Å²) in [6.45, 7) is 11.4. The molecule has 0 aromatic heterocycles. The summed E-state index contributed by atoms with van der Waals surface area (Å²) in [6.07, 6.45) is 7.39. The molecule has 2 rings (SSSR count). The van der Waals surface area contributed by atoms with Crippen LogP contribution in [0.4, 0.5) is 11.4 Å². The van der Waals surface area contributed by atoms with Crippen molar-refractivity contribution < 1.29 is 28.7 Å². The fourth-order valence-electron chi connectivity index (χ4n) is 5.17. The van der Waals surface area contributed by atoms with E-state index >= 15 is 0 Å². The highest BCUT2D eigenvalue weighted by Gasteiger charge is 2.26. The summed E-state index contributed by atoms with van der Waals surface area (Å²) in [6, 6.07) is 7.86. The third kappa shape index (κ3) is 14.9. The lowest BCUT2D eigenvalue weighted by molar-refractivity contribution is -0.118. The predicted molar refractivity (Wildman–Crippen MR) is 195 cm³/mol. The number of carbonyl (C=O) groups is 4. The normalized spacial score (nSPS) is 12.3. The molecule has 12 nitrogen and oxygen atoms in total. The van der Waals surface area contributed by atoms with E-state index in [4.69, 9.17) is 26.7 Å². The van der Waals surface area contributed by atoms with Gasteiger partial charge in [0.25, 0.3) is 11.8 Å². The minimum atomic E-state index is -0.936. The van der Waals surface area contributed by atoms with E-state index in [-0.39, 0.29) is 28.9 Å². The van der Waals surface area contributed by atoms with Gasteiger partial charge in [-0.1, -0.05) is 53.9 Å². The van der Waals surface area contributed by atoms with Crippen LogP contribution < -0.4 is 42.6 Å². The summed E-state index contributed by atoms with van der Waals surface area (Å²) < 4.78 is 11.8. The molecule has 2 aromatic carbocycles. The third-order valence-corrected chi connectivity index (χ3v) is 7.76. The molecule has 0 unspecified atom stereocenters. The van der Waals surface area contributed by atoms with E-state index in [1.165, 1.54) is 12.1 Å². The van der Waals surface area contributed by atoms with Crippen molar-refractivity contribution in [3.8, 4) is 11.5 Å².